The number of ether oxygens (including phenoxy) is 1. The Labute approximate surface area is 179 Å². The van der Waals surface area contributed by atoms with Crippen LogP contribution in [0.1, 0.15) is 30.4 Å². The summed E-state index contributed by atoms with van der Waals surface area (Å²) in [6, 6.07) is 21.2. The first-order valence-corrected chi connectivity index (χ1v) is 10.8. The highest BCUT2D eigenvalue weighted by Gasteiger charge is 2.17. The maximum atomic E-state index is 6.30. The molecule has 150 valence electrons. The fourth-order valence-electron chi connectivity index (χ4n) is 4.26. The molecule has 29 heavy (non-hydrogen) atoms. The van der Waals surface area contributed by atoms with Crippen LogP contribution in [0.5, 0.6) is 5.75 Å². The van der Waals surface area contributed by atoms with Crippen molar-refractivity contribution in [2.24, 2.45) is 0 Å². The molecule has 1 saturated heterocycles. The minimum Gasteiger partial charge on any atom is -0.497 e. The third-order valence-corrected chi connectivity index (χ3v) is 5.99. The molecule has 0 radical (unpaired) electrons. The molecule has 2 nitrogen and oxygen atoms in total. The summed E-state index contributed by atoms with van der Waals surface area (Å²) in [4.78, 5) is 2.58. The number of halogens is 1. The lowest BCUT2D eigenvalue weighted by molar-refractivity contribution is 0.221. The molecule has 1 aliphatic rings. The van der Waals surface area contributed by atoms with Gasteiger partial charge in [0.25, 0.3) is 0 Å². The number of hydrogen-bond acceptors (Lipinski definition) is 2. The van der Waals surface area contributed by atoms with Crippen molar-refractivity contribution in [1.29, 1.82) is 0 Å². The van der Waals surface area contributed by atoms with Gasteiger partial charge in [-0.2, -0.15) is 0 Å². The second-order valence-electron chi connectivity index (χ2n) is 7.92. The number of nitrogens with zero attached hydrogens (tertiary/aromatic N) is 1. The molecule has 0 amide bonds. The summed E-state index contributed by atoms with van der Waals surface area (Å²) >= 11 is 6.30. The first-order chi connectivity index (χ1) is 14.1. The predicted molar refractivity (Wildman–Crippen MR) is 123 cm³/mol. The topological polar surface area (TPSA) is 12.5 Å². The first kappa shape index (κ1) is 20.0. The van der Waals surface area contributed by atoms with Crippen LogP contribution in [-0.4, -0.2) is 25.1 Å². The van der Waals surface area contributed by atoms with Crippen LogP contribution < -0.4 is 4.74 Å². The van der Waals surface area contributed by atoms with Crippen LogP contribution in [-0.2, 0) is 6.54 Å². The summed E-state index contributed by atoms with van der Waals surface area (Å²) in [5, 5.41) is 0.752. The van der Waals surface area contributed by atoms with E-state index >= 15 is 0 Å². The number of hydrogen-bond donors (Lipinski definition) is 0. The number of benzene rings is 3. The quantitative estimate of drug-likeness (QED) is 0.454. The van der Waals surface area contributed by atoms with Gasteiger partial charge in [0.1, 0.15) is 5.75 Å². The predicted octanol–water partition coefficient (Wildman–Crippen LogP) is 6.98. The molecule has 0 spiro atoms. The van der Waals surface area contributed by atoms with Crippen LogP contribution in [0.25, 0.3) is 22.3 Å². The molecule has 0 bridgehead atoms. The lowest BCUT2D eigenvalue weighted by Gasteiger charge is -2.28. The van der Waals surface area contributed by atoms with Crippen molar-refractivity contribution in [3.63, 3.8) is 0 Å². The van der Waals surface area contributed by atoms with Gasteiger partial charge in [0.05, 0.1) is 7.11 Å². The Bertz CT molecular complexity index is 992. The van der Waals surface area contributed by atoms with Crippen LogP contribution in [0.15, 0.2) is 60.7 Å². The lowest BCUT2D eigenvalue weighted by Crippen LogP contribution is -2.29. The van der Waals surface area contributed by atoms with Gasteiger partial charge >= 0.3 is 0 Å². The maximum absolute atomic E-state index is 6.30. The van der Waals surface area contributed by atoms with Gasteiger partial charge in [0.2, 0.25) is 0 Å². The molecule has 0 unspecified atom stereocenters. The molecule has 0 atom stereocenters. The Balaban J connectivity index is 1.83. The van der Waals surface area contributed by atoms with Crippen LogP contribution in [0, 0.1) is 6.92 Å². The molecule has 1 heterocycles. The highest BCUT2D eigenvalue weighted by molar-refractivity contribution is 6.30. The zero-order valence-electron chi connectivity index (χ0n) is 17.2. The zero-order valence-corrected chi connectivity index (χ0v) is 18.0. The van der Waals surface area contributed by atoms with Crippen molar-refractivity contribution in [2.75, 3.05) is 20.2 Å². The lowest BCUT2D eigenvalue weighted by atomic mass is 9.90. The van der Waals surface area contributed by atoms with Crippen molar-refractivity contribution >= 4 is 11.6 Å². The van der Waals surface area contributed by atoms with Crippen LogP contribution in [0.3, 0.4) is 0 Å². The van der Waals surface area contributed by atoms with E-state index in [0.717, 1.165) is 22.9 Å². The van der Waals surface area contributed by atoms with E-state index in [1.54, 1.807) is 7.11 Å². The number of methoxy groups -OCH3 is 1. The largest absolute Gasteiger partial charge is 0.497 e. The summed E-state index contributed by atoms with van der Waals surface area (Å²) in [5.41, 5.74) is 7.45. The summed E-state index contributed by atoms with van der Waals surface area (Å²) in [7, 11) is 1.72. The van der Waals surface area contributed by atoms with Gasteiger partial charge in [-0.05, 0) is 84.9 Å². The third-order valence-electron chi connectivity index (χ3n) is 5.76. The summed E-state index contributed by atoms with van der Waals surface area (Å²) in [6.45, 7) is 5.54. The van der Waals surface area contributed by atoms with Crippen LogP contribution in [0.4, 0.5) is 0 Å². The molecule has 4 rings (SSSR count). The Morgan fingerprint density at radius 1 is 0.862 bits per heavy atom. The van der Waals surface area contributed by atoms with Gasteiger partial charge < -0.3 is 4.74 Å². The Morgan fingerprint density at radius 2 is 1.66 bits per heavy atom. The van der Waals surface area contributed by atoms with Crippen molar-refractivity contribution in [2.45, 2.75) is 32.7 Å². The zero-order chi connectivity index (χ0) is 20.2. The molecule has 0 saturated carbocycles. The maximum Gasteiger partial charge on any atom is 0.119 e. The van der Waals surface area contributed by atoms with Crippen molar-refractivity contribution in [1.82, 2.24) is 4.90 Å². The van der Waals surface area contributed by atoms with E-state index in [1.165, 1.54) is 60.2 Å². The van der Waals surface area contributed by atoms with Crippen molar-refractivity contribution in [3.05, 3.63) is 76.8 Å². The molecular formula is C26H28ClNO. The highest BCUT2D eigenvalue weighted by atomic mass is 35.5. The van der Waals surface area contributed by atoms with E-state index in [2.05, 4.69) is 48.2 Å². The average molecular weight is 406 g/mol. The van der Waals surface area contributed by atoms with Gasteiger partial charge in [0.15, 0.2) is 0 Å². The van der Waals surface area contributed by atoms with Crippen LogP contribution >= 0.6 is 11.6 Å². The Morgan fingerprint density at radius 3 is 2.41 bits per heavy atom. The smallest absolute Gasteiger partial charge is 0.119 e. The molecule has 3 heteroatoms. The Hall–Kier alpha value is -2.29. The van der Waals surface area contributed by atoms with E-state index < -0.39 is 0 Å². The highest BCUT2D eigenvalue weighted by Crippen LogP contribution is 2.38. The molecule has 0 N–H and O–H groups in total. The number of aryl methyl sites for hydroxylation is 1. The van der Waals surface area contributed by atoms with Crippen molar-refractivity contribution < 1.29 is 4.74 Å². The summed E-state index contributed by atoms with van der Waals surface area (Å²) in [6.07, 6.45) is 3.95. The van der Waals surface area contributed by atoms with Crippen molar-refractivity contribution in [3.8, 4) is 28.0 Å². The Kier molecular flexibility index (Phi) is 6.22. The van der Waals surface area contributed by atoms with E-state index in [9.17, 15) is 0 Å². The minimum atomic E-state index is 0.752. The van der Waals surface area contributed by atoms with Gasteiger partial charge in [-0.25, -0.2) is 0 Å². The molecule has 1 aliphatic heterocycles. The number of piperidine rings is 1. The van der Waals surface area contributed by atoms with E-state index in [1.807, 2.05) is 24.3 Å². The minimum absolute atomic E-state index is 0.752. The second-order valence-corrected chi connectivity index (χ2v) is 8.36. The van der Waals surface area contributed by atoms with Gasteiger partial charge in [-0.3, -0.25) is 4.90 Å². The molecule has 0 aromatic heterocycles. The molecule has 1 fully saturated rings. The van der Waals surface area contributed by atoms with Gasteiger partial charge in [-0.15, -0.1) is 0 Å². The SMILES string of the molecule is COc1ccc(-c2cccc(Cl)c2)c(-c2ccc(C)cc2CN2CCCCC2)c1. The third kappa shape index (κ3) is 4.66. The normalized spacial score (nSPS) is 14.7. The van der Waals surface area contributed by atoms with Gasteiger partial charge in [0, 0.05) is 11.6 Å². The summed E-state index contributed by atoms with van der Waals surface area (Å²) < 4.78 is 5.57. The average Bonchev–Trinajstić information content (AvgIpc) is 2.74. The van der Waals surface area contributed by atoms with E-state index in [0.29, 0.717) is 0 Å². The monoisotopic (exact) mass is 405 g/mol. The molecular weight excluding hydrogens is 378 g/mol. The fraction of sp³-hybridized carbons (Fsp3) is 0.308. The number of likely N-dealkylation sites (tertiary alicyclic amines) is 1. The first-order valence-electron chi connectivity index (χ1n) is 10.4. The van der Waals surface area contributed by atoms with E-state index in [-0.39, 0.29) is 0 Å². The fourth-order valence-corrected chi connectivity index (χ4v) is 4.45. The van der Waals surface area contributed by atoms with Gasteiger partial charge in [-0.1, -0.05) is 60.0 Å². The molecule has 3 aromatic carbocycles. The van der Waals surface area contributed by atoms with E-state index in [4.69, 9.17) is 16.3 Å². The second kappa shape index (κ2) is 9.02. The molecule has 3 aromatic rings. The standard InChI is InChI=1S/C26H28ClNO/c1-19-9-11-25(21(15-19)18-28-13-4-3-5-14-28)26-17-23(29-2)10-12-24(26)20-7-6-8-22(27)16-20/h6-12,15-17H,3-5,13-14,18H2,1-2H3. The van der Waals surface area contributed by atoms with Crippen LogP contribution in [0.2, 0.25) is 5.02 Å². The number of rotatable bonds is 5. The molecule has 0 aliphatic carbocycles. The summed E-state index contributed by atoms with van der Waals surface area (Å²) in [5.74, 6) is 0.871.